The summed E-state index contributed by atoms with van der Waals surface area (Å²) < 4.78 is 1.45. The molecule has 0 radical (unpaired) electrons. The Hall–Kier alpha value is -1.23. The van der Waals surface area contributed by atoms with Crippen molar-refractivity contribution in [3.05, 3.63) is 27.5 Å². The van der Waals surface area contributed by atoms with Crippen molar-refractivity contribution in [2.24, 2.45) is 0 Å². The lowest BCUT2D eigenvalue weighted by molar-refractivity contribution is -0.140. The van der Waals surface area contributed by atoms with Crippen LogP contribution in [0.25, 0.3) is 0 Å². The normalized spacial score (nSPS) is 18.1. The number of carboxylic acid groups (broad SMARTS) is 1. The van der Waals surface area contributed by atoms with Crippen LogP contribution in [0.15, 0.2) is 15.9 Å². The third-order valence-electron chi connectivity index (χ3n) is 3.26. The number of aryl methyl sites for hydroxylation is 1. The molecule has 0 spiro atoms. The zero-order valence-electron chi connectivity index (χ0n) is 10.8. The lowest BCUT2D eigenvalue weighted by Crippen LogP contribution is -2.29. The Balaban J connectivity index is 2.71. The average molecular weight is 267 g/mol. The fourth-order valence-electron chi connectivity index (χ4n) is 2.43. The van der Waals surface area contributed by atoms with Gasteiger partial charge >= 0.3 is 5.97 Å². The highest BCUT2D eigenvalue weighted by Gasteiger charge is 2.32. The number of aliphatic carboxylic acids is 1. The van der Waals surface area contributed by atoms with Gasteiger partial charge in [-0.1, -0.05) is 20.8 Å². The van der Waals surface area contributed by atoms with E-state index in [-0.39, 0.29) is 5.56 Å². The molecule has 4 nitrogen and oxygen atoms in total. The molecule has 18 heavy (non-hydrogen) atoms. The van der Waals surface area contributed by atoms with Crippen LogP contribution in [0.2, 0.25) is 0 Å². The highest BCUT2D eigenvalue weighted by molar-refractivity contribution is 7.99. The predicted octanol–water partition coefficient (Wildman–Crippen LogP) is 2.27. The largest absolute Gasteiger partial charge is 0.480 e. The minimum atomic E-state index is -0.928. The topological polar surface area (TPSA) is 59.3 Å². The highest BCUT2D eigenvalue weighted by atomic mass is 32.2. The van der Waals surface area contributed by atoms with E-state index in [1.807, 2.05) is 6.92 Å². The maximum atomic E-state index is 12.1. The van der Waals surface area contributed by atoms with Crippen LogP contribution in [0.3, 0.4) is 0 Å². The van der Waals surface area contributed by atoms with Crippen molar-refractivity contribution in [2.75, 3.05) is 5.75 Å². The highest BCUT2D eigenvalue weighted by Crippen LogP contribution is 2.38. The maximum Gasteiger partial charge on any atom is 0.327 e. The molecular formula is C13H17NO3S. The van der Waals surface area contributed by atoms with Gasteiger partial charge in [0.05, 0.1) is 5.03 Å². The van der Waals surface area contributed by atoms with E-state index in [4.69, 9.17) is 5.11 Å². The van der Waals surface area contributed by atoms with Gasteiger partial charge < -0.3 is 5.11 Å². The monoisotopic (exact) mass is 267 g/mol. The van der Waals surface area contributed by atoms with Crippen LogP contribution < -0.4 is 5.56 Å². The summed E-state index contributed by atoms with van der Waals surface area (Å²) >= 11 is 1.49. The van der Waals surface area contributed by atoms with Gasteiger partial charge in [0, 0.05) is 11.8 Å². The number of hydrogen-bond acceptors (Lipinski definition) is 3. The molecule has 1 atom stereocenters. The van der Waals surface area contributed by atoms with Crippen molar-refractivity contribution in [2.45, 2.75) is 44.2 Å². The number of pyridine rings is 1. The van der Waals surface area contributed by atoms with Crippen molar-refractivity contribution < 1.29 is 9.90 Å². The van der Waals surface area contributed by atoms with Crippen LogP contribution >= 0.6 is 11.8 Å². The number of thioether (sulfide) groups is 1. The molecule has 1 aromatic rings. The average Bonchev–Trinajstić information content (AvgIpc) is 2.72. The first-order valence-electron chi connectivity index (χ1n) is 6.11. The van der Waals surface area contributed by atoms with Crippen molar-refractivity contribution >= 4 is 17.7 Å². The fraction of sp³-hybridized carbons (Fsp3) is 0.538. The smallest absolute Gasteiger partial charge is 0.327 e. The Morgan fingerprint density at radius 3 is 2.78 bits per heavy atom. The minimum Gasteiger partial charge on any atom is -0.480 e. The van der Waals surface area contributed by atoms with E-state index >= 15 is 0 Å². The third-order valence-corrected chi connectivity index (χ3v) is 4.44. The standard InChI is InChI=1S/C13H17NO3S/c1-4-8-5-10(15)14-9(13(16)17)6-18-12(14)11(8)7(2)3/h5,7,9H,4,6H2,1-3H3,(H,16,17). The van der Waals surface area contributed by atoms with Crippen molar-refractivity contribution in [1.29, 1.82) is 0 Å². The predicted molar refractivity (Wildman–Crippen MR) is 71.6 cm³/mol. The molecule has 0 saturated heterocycles. The van der Waals surface area contributed by atoms with E-state index in [1.54, 1.807) is 6.07 Å². The molecule has 1 N–H and O–H groups in total. The molecule has 0 saturated carbocycles. The number of aromatic nitrogens is 1. The molecule has 0 aliphatic carbocycles. The summed E-state index contributed by atoms with van der Waals surface area (Å²) in [6, 6.07) is 0.876. The second kappa shape index (κ2) is 4.80. The van der Waals surface area contributed by atoms with Gasteiger partial charge in [0.25, 0.3) is 5.56 Å². The van der Waals surface area contributed by atoms with Crippen LogP contribution in [-0.2, 0) is 11.2 Å². The van der Waals surface area contributed by atoms with E-state index in [9.17, 15) is 9.59 Å². The summed E-state index contributed by atoms with van der Waals surface area (Å²) in [5.41, 5.74) is 1.98. The second-order valence-corrected chi connectivity index (χ2v) is 5.78. The van der Waals surface area contributed by atoms with Crippen LogP contribution in [0, 0.1) is 0 Å². The van der Waals surface area contributed by atoms with Crippen molar-refractivity contribution in [3.8, 4) is 0 Å². The molecular weight excluding hydrogens is 250 g/mol. The van der Waals surface area contributed by atoms with Gasteiger partial charge in [-0.3, -0.25) is 9.36 Å². The molecule has 1 aromatic heterocycles. The summed E-state index contributed by atoms with van der Waals surface area (Å²) in [4.78, 5) is 23.2. The first-order valence-corrected chi connectivity index (χ1v) is 7.09. The summed E-state index contributed by atoms with van der Waals surface area (Å²) in [5.74, 6) is -0.193. The number of rotatable bonds is 3. The zero-order valence-corrected chi connectivity index (χ0v) is 11.6. The van der Waals surface area contributed by atoms with Crippen LogP contribution in [-0.4, -0.2) is 21.4 Å². The summed E-state index contributed by atoms with van der Waals surface area (Å²) in [6.45, 7) is 6.18. The SMILES string of the molecule is CCc1cc(=O)n2c(c1C(C)C)SCC2C(=O)O. The zero-order chi connectivity index (χ0) is 13.4. The van der Waals surface area contributed by atoms with Crippen LogP contribution in [0.1, 0.15) is 43.9 Å². The van der Waals surface area contributed by atoms with E-state index in [1.165, 1.54) is 16.3 Å². The van der Waals surface area contributed by atoms with Crippen molar-refractivity contribution in [1.82, 2.24) is 4.57 Å². The molecule has 2 rings (SSSR count). The Labute approximate surface area is 110 Å². The van der Waals surface area contributed by atoms with E-state index in [2.05, 4.69) is 13.8 Å². The maximum absolute atomic E-state index is 12.1. The summed E-state index contributed by atoms with van der Waals surface area (Å²) in [6.07, 6.45) is 0.800. The Kier molecular flexibility index (Phi) is 3.52. The molecule has 0 amide bonds. The first-order chi connectivity index (χ1) is 8.47. The second-order valence-electron chi connectivity index (χ2n) is 4.77. The quantitative estimate of drug-likeness (QED) is 0.912. The van der Waals surface area contributed by atoms with Gasteiger partial charge in [-0.25, -0.2) is 4.79 Å². The number of hydrogen-bond donors (Lipinski definition) is 1. The van der Waals surface area contributed by atoms with E-state index in [0.29, 0.717) is 11.7 Å². The van der Waals surface area contributed by atoms with Crippen molar-refractivity contribution in [3.63, 3.8) is 0 Å². The van der Waals surface area contributed by atoms with Gasteiger partial charge in [0.2, 0.25) is 0 Å². The fourth-order valence-corrected chi connectivity index (χ4v) is 3.92. The Morgan fingerprint density at radius 1 is 1.61 bits per heavy atom. The minimum absolute atomic E-state index is 0.191. The first kappa shape index (κ1) is 13.2. The molecule has 1 aliphatic rings. The lowest BCUT2D eigenvalue weighted by atomic mass is 9.97. The van der Waals surface area contributed by atoms with Gasteiger partial charge in [0.1, 0.15) is 6.04 Å². The third kappa shape index (κ3) is 1.96. The van der Waals surface area contributed by atoms with E-state index in [0.717, 1.165) is 22.6 Å². The number of fused-ring (bicyclic) bond motifs is 1. The lowest BCUT2D eigenvalue weighted by Gasteiger charge is -2.17. The van der Waals surface area contributed by atoms with Gasteiger partial charge in [-0.15, -0.1) is 11.8 Å². The van der Waals surface area contributed by atoms with Crippen LogP contribution in [0.4, 0.5) is 0 Å². The summed E-state index contributed by atoms with van der Waals surface area (Å²) in [5, 5.41) is 10.0. The molecule has 5 heteroatoms. The molecule has 0 bridgehead atoms. The van der Waals surface area contributed by atoms with Gasteiger partial charge in [-0.2, -0.15) is 0 Å². The van der Waals surface area contributed by atoms with Crippen LogP contribution in [0.5, 0.6) is 0 Å². The van der Waals surface area contributed by atoms with Gasteiger partial charge in [0.15, 0.2) is 0 Å². The molecule has 0 aromatic carbocycles. The Bertz CT molecular complexity index is 548. The molecule has 2 heterocycles. The number of carbonyl (C=O) groups is 1. The molecule has 98 valence electrons. The van der Waals surface area contributed by atoms with Gasteiger partial charge in [-0.05, 0) is 23.5 Å². The molecule has 1 unspecified atom stereocenters. The summed E-state index contributed by atoms with van der Waals surface area (Å²) in [7, 11) is 0. The van der Waals surface area contributed by atoms with E-state index < -0.39 is 12.0 Å². The Morgan fingerprint density at radius 2 is 2.28 bits per heavy atom. The number of carboxylic acids is 1. The number of nitrogens with zero attached hydrogens (tertiary/aromatic N) is 1. The molecule has 0 fully saturated rings. The molecule has 1 aliphatic heterocycles.